The zero-order valence-electron chi connectivity index (χ0n) is 8.03. The monoisotopic (exact) mass is 245 g/mol. The normalized spacial score (nSPS) is 10.0. The standard InChI is InChI=1S/C10H6ClNO2.K/c11-9-3-1-7(2-4-9)8(6-12)5-10(13)14;/h1-5H,(H,13,14);/q;+1/p-1/b8-5+;. The molecule has 0 heterocycles. The number of hydrogen-bond acceptors (Lipinski definition) is 3. The Morgan fingerprint density at radius 3 is 2.33 bits per heavy atom. The van der Waals surface area contributed by atoms with Gasteiger partial charge in [0, 0.05) is 5.02 Å². The number of nitrogens with zero attached hydrogens (tertiary/aromatic N) is 1. The summed E-state index contributed by atoms with van der Waals surface area (Å²) < 4.78 is 0. The fraction of sp³-hybridized carbons (Fsp3) is 0. The van der Waals surface area contributed by atoms with Crippen LogP contribution in [0.2, 0.25) is 5.02 Å². The van der Waals surface area contributed by atoms with Gasteiger partial charge in [0.2, 0.25) is 0 Å². The van der Waals surface area contributed by atoms with Crippen LogP contribution in [-0.2, 0) is 4.79 Å². The number of allylic oxidation sites excluding steroid dienone is 1. The first kappa shape index (κ1) is 14.8. The number of carbonyl (C=O) groups excluding carboxylic acids is 1. The number of nitriles is 1. The molecule has 15 heavy (non-hydrogen) atoms. The van der Waals surface area contributed by atoms with E-state index in [0.29, 0.717) is 10.6 Å². The molecule has 0 aliphatic rings. The van der Waals surface area contributed by atoms with Crippen molar-refractivity contribution in [3.8, 4) is 6.07 Å². The molecular weight excluding hydrogens is 241 g/mol. The molecule has 0 fully saturated rings. The van der Waals surface area contributed by atoms with Gasteiger partial charge in [-0.1, -0.05) is 23.7 Å². The molecular formula is C10H5ClKNO2. The number of aliphatic carboxylic acids is 1. The first-order valence-corrected chi connectivity index (χ1v) is 4.10. The van der Waals surface area contributed by atoms with Crippen molar-refractivity contribution in [1.82, 2.24) is 0 Å². The number of rotatable bonds is 2. The molecule has 0 amide bonds. The van der Waals surface area contributed by atoms with Gasteiger partial charge in [0.25, 0.3) is 0 Å². The topological polar surface area (TPSA) is 63.9 Å². The van der Waals surface area contributed by atoms with Crippen molar-refractivity contribution in [3.05, 3.63) is 40.9 Å². The number of hydrogen-bond donors (Lipinski definition) is 0. The molecule has 1 aromatic carbocycles. The molecule has 0 saturated carbocycles. The van der Waals surface area contributed by atoms with Gasteiger partial charge in [-0.15, -0.1) is 0 Å². The van der Waals surface area contributed by atoms with Crippen LogP contribution < -0.4 is 56.5 Å². The van der Waals surface area contributed by atoms with Crippen molar-refractivity contribution in [1.29, 1.82) is 5.26 Å². The summed E-state index contributed by atoms with van der Waals surface area (Å²) in [6.45, 7) is 0. The molecule has 0 atom stereocenters. The first-order valence-electron chi connectivity index (χ1n) is 3.72. The molecule has 0 unspecified atom stereocenters. The fourth-order valence-electron chi connectivity index (χ4n) is 0.927. The molecule has 0 radical (unpaired) electrons. The van der Waals surface area contributed by atoms with Gasteiger partial charge in [-0.25, -0.2) is 0 Å². The van der Waals surface area contributed by atoms with Crippen LogP contribution >= 0.6 is 11.6 Å². The van der Waals surface area contributed by atoms with Crippen LogP contribution in [0.3, 0.4) is 0 Å². The molecule has 5 heteroatoms. The van der Waals surface area contributed by atoms with Crippen LogP contribution in [0.4, 0.5) is 0 Å². The average molecular weight is 246 g/mol. The Bertz CT molecular complexity index is 420. The molecule has 0 N–H and O–H groups in total. The second kappa shape index (κ2) is 7.17. The van der Waals surface area contributed by atoms with Crippen LogP contribution in [0.15, 0.2) is 30.3 Å². The summed E-state index contributed by atoms with van der Waals surface area (Å²) >= 11 is 5.63. The summed E-state index contributed by atoms with van der Waals surface area (Å²) in [5.41, 5.74) is 0.544. The van der Waals surface area contributed by atoms with Crippen molar-refractivity contribution in [3.63, 3.8) is 0 Å². The number of benzene rings is 1. The number of carboxylic acid groups (broad SMARTS) is 1. The van der Waals surface area contributed by atoms with Gasteiger partial charge in [0.05, 0.1) is 17.6 Å². The third-order valence-electron chi connectivity index (χ3n) is 1.54. The maximum atomic E-state index is 10.2. The Labute approximate surface area is 135 Å². The molecule has 0 aliphatic carbocycles. The van der Waals surface area contributed by atoms with Gasteiger partial charge in [-0.05, 0) is 23.8 Å². The Balaban J connectivity index is 0.00000196. The smallest absolute Gasteiger partial charge is 0.545 e. The van der Waals surface area contributed by atoms with Gasteiger partial charge < -0.3 is 9.90 Å². The predicted molar refractivity (Wildman–Crippen MR) is 50.0 cm³/mol. The van der Waals surface area contributed by atoms with Crippen LogP contribution in [0.1, 0.15) is 5.56 Å². The number of halogens is 1. The Kier molecular flexibility index (Phi) is 7.10. The average Bonchev–Trinajstić information content (AvgIpc) is 2.15. The molecule has 0 bridgehead atoms. The van der Waals surface area contributed by atoms with E-state index in [0.717, 1.165) is 6.08 Å². The second-order valence-electron chi connectivity index (χ2n) is 2.50. The third-order valence-corrected chi connectivity index (χ3v) is 1.79. The minimum absolute atomic E-state index is 0. The fourth-order valence-corrected chi connectivity index (χ4v) is 1.05. The zero-order chi connectivity index (χ0) is 10.6. The van der Waals surface area contributed by atoms with E-state index in [-0.39, 0.29) is 57.0 Å². The molecule has 0 spiro atoms. The molecule has 0 aliphatic heterocycles. The van der Waals surface area contributed by atoms with E-state index in [1.807, 2.05) is 0 Å². The van der Waals surface area contributed by atoms with Gasteiger partial charge in [-0.2, -0.15) is 5.26 Å². The third kappa shape index (κ3) is 4.93. The van der Waals surface area contributed by atoms with Crippen LogP contribution in [0.5, 0.6) is 0 Å². The maximum Gasteiger partial charge on any atom is 1.00 e. The van der Waals surface area contributed by atoms with Gasteiger partial charge in [0.1, 0.15) is 0 Å². The largest absolute Gasteiger partial charge is 1.00 e. The number of carboxylic acids is 1. The van der Waals surface area contributed by atoms with E-state index >= 15 is 0 Å². The quantitative estimate of drug-likeness (QED) is 0.344. The summed E-state index contributed by atoms with van der Waals surface area (Å²) in [7, 11) is 0. The van der Waals surface area contributed by atoms with E-state index in [1.54, 1.807) is 30.3 Å². The summed E-state index contributed by atoms with van der Waals surface area (Å²) in [5, 5.41) is 19.4. The molecule has 1 rings (SSSR count). The summed E-state index contributed by atoms with van der Waals surface area (Å²) in [5.74, 6) is -1.39. The van der Waals surface area contributed by atoms with Gasteiger partial charge in [0.15, 0.2) is 0 Å². The predicted octanol–water partition coefficient (Wildman–Crippen LogP) is -2.00. The SMILES string of the molecule is N#C/C(=C\C(=O)[O-])c1ccc(Cl)cc1.[K+]. The van der Waals surface area contributed by atoms with Crippen molar-refractivity contribution in [2.45, 2.75) is 0 Å². The van der Waals surface area contributed by atoms with Crippen molar-refractivity contribution in [2.24, 2.45) is 0 Å². The molecule has 70 valence electrons. The maximum absolute atomic E-state index is 10.2. The summed E-state index contributed by atoms with van der Waals surface area (Å²) in [6, 6.07) is 8.07. The minimum Gasteiger partial charge on any atom is -0.545 e. The second-order valence-corrected chi connectivity index (χ2v) is 2.93. The van der Waals surface area contributed by atoms with Crippen molar-refractivity contribution in [2.75, 3.05) is 0 Å². The van der Waals surface area contributed by atoms with Crippen molar-refractivity contribution >= 4 is 23.1 Å². The van der Waals surface area contributed by atoms with Crippen LogP contribution in [-0.4, -0.2) is 5.97 Å². The summed E-state index contributed by atoms with van der Waals surface area (Å²) in [4.78, 5) is 10.2. The minimum atomic E-state index is -1.39. The van der Waals surface area contributed by atoms with Crippen LogP contribution in [0.25, 0.3) is 5.57 Å². The van der Waals surface area contributed by atoms with E-state index in [2.05, 4.69) is 0 Å². The first-order chi connectivity index (χ1) is 6.63. The van der Waals surface area contributed by atoms with Crippen molar-refractivity contribution < 1.29 is 61.3 Å². The Morgan fingerprint density at radius 1 is 1.40 bits per heavy atom. The van der Waals surface area contributed by atoms with E-state index in [9.17, 15) is 9.90 Å². The van der Waals surface area contributed by atoms with E-state index in [1.165, 1.54) is 0 Å². The Hall–Kier alpha value is -0.154. The molecule has 0 aromatic heterocycles. The molecule has 3 nitrogen and oxygen atoms in total. The van der Waals surface area contributed by atoms with Gasteiger partial charge in [-0.3, -0.25) is 0 Å². The summed E-state index contributed by atoms with van der Waals surface area (Å²) in [6.07, 6.45) is 0.753. The molecule has 1 aromatic rings. The van der Waals surface area contributed by atoms with E-state index < -0.39 is 5.97 Å². The van der Waals surface area contributed by atoms with Crippen LogP contribution in [0, 0.1) is 11.3 Å². The van der Waals surface area contributed by atoms with Gasteiger partial charge >= 0.3 is 51.4 Å². The molecule has 0 saturated heterocycles. The number of carbonyl (C=O) groups is 1. The Morgan fingerprint density at radius 2 is 1.93 bits per heavy atom. The zero-order valence-corrected chi connectivity index (χ0v) is 11.9. The van der Waals surface area contributed by atoms with E-state index in [4.69, 9.17) is 16.9 Å².